The number of hydrogen-bond donors (Lipinski definition) is 1. The van der Waals surface area contributed by atoms with Crippen LogP contribution in [0.2, 0.25) is 0 Å². The Morgan fingerprint density at radius 2 is 1.97 bits per heavy atom. The molecule has 0 radical (unpaired) electrons. The molecule has 0 saturated carbocycles. The van der Waals surface area contributed by atoms with Crippen LogP contribution in [0.15, 0.2) is 46.8 Å². The molecule has 9 heteroatoms. The number of nitro groups is 1. The van der Waals surface area contributed by atoms with E-state index in [2.05, 4.69) is 5.32 Å². The van der Waals surface area contributed by atoms with Gasteiger partial charge >= 0.3 is 11.9 Å². The summed E-state index contributed by atoms with van der Waals surface area (Å²) in [5.74, 6) is -4.30. The number of ketones is 1. The van der Waals surface area contributed by atoms with E-state index in [9.17, 15) is 24.5 Å². The largest absolute Gasteiger partial charge is 0.468 e. The van der Waals surface area contributed by atoms with E-state index in [0.717, 1.165) is 0 Å². The maximum Gasteiger partial charge on any atom is 0.337 e. The molecule has 2 aliphatic rings. The number of nitro benzene ring substituents is 1. The standard InChI is InChI=1S/C24H28N2O7/c1-6-13(3)33-24(29)19-14(4)25-16-11-12(2)18(23(28)32-5)22(27)21(16)20(19)15-9-7-8-10-17(15)26(30)31/h7-10,12-13,18,20,25H,6,11H2,1-5H3/t12-,13-,18+,20+/m0/s1. The number of benzene rings is 1. The van der Waals surface area contributed by atoms with Crippen molar-refractivity contribution in [2.75, 3.05) is 7.11 Å². The number of carbonyl (C=O) groups excluding carboxylic acids is 3. The quantitative estimate of drug-likeness (QED) is 0.298. The minimum absolute atomic E-state index is 0.120. The summed E-state index contributed by atoms with van der Waals surface area (Å²) in [7, 11) is 1.21. The Morgan fingerprint density at radius 3 is 2.58 bits per heavy atom. The molecule has 1 aromatic rings. The fourth-order valence-electron chi connectivity index (χ4n) is 4.49. The summed E-state index contributed by atoms with van der Waals surface area (Å²) in [6, 6.07) is 6.00. The predicted octanol–water partition coefficient (Wildman–Crippen LogP) is 3.55. The predicted molar refractivity (Wildman–Crippen MR) is 119 cm³/mol. The van der Waals surface area contributed by atoms with Gasteiger partial charge in [-0.05, 0) is 32.6 Å². The van der Waals surface area contributed by atoms with Crippen LogP contribution in [0.25, 0.3) is 0 Å². The van der Waals surface area contributed by atoms with Gasteiger partial charge in [0.1, 0.15) is 5.92 Å². The van der Waals surface area contributed by atoms with Crippen LogP contribution in [0, 0.1) is 22.0 Å². The molecular weight excluding hydrogens is 428 g/mol. The molecule has 0 spiro atoms. The van der Waals surface area contributed by atoms with Crippen LogP contribution in [0.1, 0.15) is 52.0 Å². The number of dihydropyridines is 1. The third-order valence-corrected chi connectivity index (χ3v) is 6.29. The van der Waals surface area contributed by atoms with Crippen molar-refractivity contribution in [2.24, 2.45) is 11.8 Å². The second-order valence-corrected chi connectivity index (χ2v) is 8.48. The fraction of sp³-hybridized carbons (Fsp3) is 0.458. The van der Waals surface area contributed by atoms with Crippen molar-refractivity contribution in [3.8, 4) is 0 Å². The van der Waals surface area contributed by atoms with Crippen LogP contribution in [0.4, 0.5) is 5.69 Å². The van der Waals surface area contributed by atoms with Crippen LogP contribution in [0.3, 0.4) is 0 Å². The second-order valence-electron chi connectivity index (χ2n) is 8.48. The Bertz CT molecular complexity index is 1070. The van der Waals surface area contributed by atoms with Gasteiger partial charge in [0.05, 0.1) is 29.6 Å². The number of hydrogen-bond acceptors (Lipinski definition) is 8. The molecule has 1 aliphatic heterocycles. The molecule has 9 nitrogen and oxygen atoms in total. The van der Waals surface area contributed by atoms with Crippen molar-refractivity contribution in [3.63, 3.8) is 0 Å². The highest BCUT2D eigenvalue weighted by molar-refractivity contribution is 6.12. The SMILES string of the molecule is CC[C@H](C)OC(=O)C1=C(C)NC2=C(C(=O)[C@H](C(=O)OC)[C@@H](C)C2)[C@@H]1c1ccccc1[N+](=O)[O-]. The molecule has 4 atom stereocenters. The van der Waals surface area contributed by atoms with E-state index in [0.29, 0.717) is 24.2 Å². The van der Waals surface area contributed by atoms with Gasteiger partial charge in [-0.2, -0.15) is 0 Å². The fourth-order valence-corrected chi connectivity index (χ4v) is 4.49. The number of ether oxygens (including phenoxy) is 2. The molecule has 3 rings (SSSR count). The molecule has 0 unspecified atom stereocenters. The highest BCUT2D eigenvalue weighted by Crippen LogP contribution is 2.47. The third kappa shape index (κ3) is 4.40. The summed E-state index contributed by atoms with van der Waals surface area (Å²) in [5, 5.41) is 15.0. The van der Waals surface area contributed by atoms with Crippen molar-refractivity contribution < 1.29 is 28.8 Å². The molecule has 0 saturated heterocycles. The molecule has 1 heterocycles. The van der Waals surface area contributed by atoms with Gasteiger partial charge in [-0.15, -0.1) is 0 Å². The smallest absolute Gasteiger partial charge is 0.337 e. The number of para-hydroxylation sites is 1. The van der Waals surface area contributed by atoms with Gasteiger partial charge < -0.3 is 14.8 Å². The second kappa shape index (κ2) is 9.56. The lowest BCUT2D eigenvalue weighted by molar-refractivity contribution is -0.385. The number of Topliss-reactive ketones (excluding diaryl/α,β-unsaturated/α-hetero) is 1. The van der Waals surface area contributed by atoms with Gasteiger partial charge in [0.2, 0.25) is 0 Å². The third-order valence-electron chi connectivity index (χ3n) is 6.29. The highest BCUT2D eigenvalue weighted by atomic mass is 16.6. The first kappa shape index (κ1) is 24.2. The molecule has 0 bridgehead atoms. The molecule has 1 aromatic carbocycles. The summed E-state index contributed by atoms with van der Waals surface area (Å²) in [4.78, 5) is 50.6. The van der Waals surface area contributed by atoms with E-state index < -0.39 is 34.5 Å². The van der Waals surface area contributed by atoms with Crippen LogP contribution in [-0.2, 0) is 23.9 Å². The maximum atomic E-state index is 13.6. The summed E-state index contributed by atoms with van der Waals surface area (Å²) < 4.78 is 10.4. The summed E-state index contributed by atoms with van der Waals surface area (Å²) in [6.45, 7) is 7.07. The number of esters is 2. The maximum absolute atomic E-state index is 13.6. The van der Waals surface area contributed by atoms with E-state index in [1.165, 1.54) is 25.3 Å². The van der Waals surface area contributed by atoms with Gasteiger partial charge in [-0.3, -0.25) is 19.7 Å². The van der Waals surface area contributed by atoms with Crippen LogP contribution in [-0.4, -0.2) is 35.9 Å². The van der Waals surface area contributed by atoms with Gasteiger partial charge in [-0.1, -0.05) is 32.0 Å². The summed E-state index contributed by atoms with van der Waals surface area (Å²) >= 11 is 0. The zero-order valence-electron chi connectivity index (χ0n) is 19.3. The first-order valence-electron chi connectivity index (χ1n) is 10.9. The number of allylic oxidation sites excluding steroid dienone is 3. The number of nitrogens with one attached hydrogen (secondary N) is 1. The molecule has 33 heavy (non-hydrogen) atoms. The Hall–Kier alpha value is -3.49. The van der Waals surface area contributed by atoms with Crippen molar-refractivity contribution in [1.29, 1.82) is 0 Å². The minimum Gasteiger partial charge on any atom is -0.468 e. The lowest BCUT2D eigenvalue weighted by atomic mass is 9.69. The van der Waals surface area contributed by atoms with E-state index in [4.69, 9.17) is 9.47 Å². The lowest BCUT2D eigenvalue weighted by Crippen LogP contribution is -2.43. The van der Waals surface area contributed by atoms with E-state index in [1.54, 1.807) is 26.8 Å². The lowest BCUT2D eigenvalue weighted by Gasteiger charge is -2.38. The molecule has 0 fully saturated rings. The van der Waals surface area contributed by atoms with Gasteiger partial charge in [0, 0.05) is 28.6 Å². The minimum atomic E-state index is -1.06. The Kier molecular flexibility index (Phi) is 7.00. The molecule has 1 aliphatic carbocycles. The highest BCUT2D eigenvalue weighted by Gasteiger charge is 2.48. The van der Waals surface area contributed by atoms with Crippen LogP contribution in [0.5, 0.6) is 0 Å². The monoisotopic (exact) mass is 456 g/mol. The van der Waals surface area contributed by atoms with Crippen LogP contribution >= 0.6 is 0 Å². The summed E-state index contributed by atoms with van der Waals surface area (Å²) in [5.41, 5.74) is 1.27. The zero-order chi connectivity index (χ0) is 24.4. The van der Waals surface area contributed by atoms with Crippen LogP contribution < -0.4 is 5.32 Å². The van der Waals surface area contributed by atoms with Crippen molar-refractivity contribution in [3.05, 3.63) is 62.5 Å². The van der Waals surface area contributed by atoms with Gasteiger partial charge in [-0.25, -0.2) is 4.79 Å². The Balaban J connectivity index is 2.25. The Labute approximate surface area is 192 Å². The first-order chi connectivity index (χ1) is 15.6. The van der Waals surface area contributed by atoms with Gasteiger partial charge in [0.15, 0.2) is 5.78 Å². The average Bonchev–Trinajstić information content (AvgIpc) is 2.77. The first-order valence-corrected chi connectivity index (χ1v) is 10.9. The normalized spacial score (nSPS) is 23.4. The number of nitrogens with zero attached hydrogens (tertiary/aromatic N) is 1. The van der Waals surface area contributed by atoms with E-state index in [1.807, 2.05) is 6.92 Å². The van der Waals surface area contributed by atoms with Crippen molar-refractivity contribution in [2.45, 2.75) is 52.6 Å². The van der Waals surface area contributed by atoms with Crippen molar-refractivity contribution >= 4 is 23.4 Å². The number of carbonyl (C=O) groups is 3. The van der Waals surface area contributed by atoms with Crippen molar-refractivity contribution in [1.82, 2.24) is 5.32 Å². The number of rotatable bonds is 6. The topological polar surface area (TPSA) is 125 Å². The molecular formula is C24H28N2O7. The van der Waals surface area contributed by atoms with E-state index in [-0.39, 0.29) is 34.4 Å². The molecule has 1 N–H and O–H groups in total. The molecule has 0 aromatic heterocycles. The summed E-state index contributed by atoms with van der Waals surface area (Å²) in [6.07, 6.45) is 0.545. The Morgan fingerprint density at radius 1 is 1.30 bits per heavy atom. The van der Waals surface area contributed by atoms with Gasteiger partial charge in [0.25, 0.3) is 5.69 Å². The molecule has 0 amide bonds. The zero-order valence-corrected chi connectivity index (χ0v) is 19.3. The van der Waals surface area contributed by atoms with E-state index >= 15 is 0 Å². The molecule has 176 valence electrons. The average molecular weight is 456 g/mol. The number of methoxy groups -OCH3 is 1.